The van der Waals surface area contributed by atoms with Gasteiger partial charge >= 0.3 is 6.03 Å². The zero-order chi connectivity index (χ0) is 24.4. The van der Waals surface area contributed by atoms with E-state index in [1.54, 1.807) is 15.7 Å². The minimum atomic E-state index is -0.172. The lowest BCUT2D eigenvalue weighted by Gasteiger charge is -2.35. The van der Waals surface area contributed by atoms with Crippen molar-refractivity contribution in [3.05, 3.63) is 93.9 Å². The molecule has 8 nitrogen and oxygen atoms in total. The first-order valence-corrected chi connectivity index (χ1v) is 11.8. The van der Waals surface area contributed by atoms with Crippen LogP contribution in [-0.4, -0.2) is 51.6 Å². The van der Waals surface area contributed by atoms with Gasteiger partial charge in [0.2, 0.25) is 0 Å². The van der Waals surface area contributed by atoms with Crippen molar-refractivity contribution >= 4 is 28.7 Å². The second-order valence-electron chi connectivity index (χ2n) is 8.93. The molecular formula is C27H28N6O2. The lowest BCUT2D eigenvalue weighted by molar-refractivity contribution is 0.208. The van der Waals surface area contributed by atoms with E-state index in [2.05, 4.69) is 15.3 Å². The standard InChI is InChI=1S/C27H28N6O2/c1-19-5-9-21(10-6-19)18-33-24-23(4-3-13-28-24)30-25(26(33)34)31-14-16-32(17-15-31)27(35)29-22-11-7-20(2)8-12-22/h3-13H,14-18H2,1-2H3,(H,29,35). The van der Waals surface area contributed by atoms with Crippen molar-refractivity contribution in [2.75, 3.05) is 36.4 Å². The van der Waals surface area contributed by atoms with E-state index in [9.17, 15) is 9.59 Å². The first kappa shape index (κ1) is 22.6. The van der Waals surface area contributed by atoms with Crippen LogP contribution < -0.4 is 15.8 Å². The summed E-state index contributed by atoms with van der Waals surface area (Å²) in [5, 5.41) is 2.95. The van der Waals surface area contributed by atoms with Crippen LogP contribution in [0.3, 0.4) is 0 Å². The number of fused-ring (bicyclic) bond motifs is 1. The van der Waals surface area contributed by atoms with Crippen LogP contribution in [-0.2, 0) is 6.54 Å². The number of hydrogen-bond acceptors (Lipinski definition) is 5. The molecule has 5 rings (SSSR count). The summed E-state index contributed by atoms with van der Waals surface area (Å²) in [4.78, 5) is 39.1. The molecule has 3 heterocycles. The predicted molar refractivity (Wildman–Crippen MR) is 138 cm³/mol. The fourth-order valence-electron chi connectivity index (χ4n) is 4.25. The summed E-state index contributed by atoms with van der Waals surface area (Å²) in [5.74, 6) is 0.399. The Morgan fingerprint density at radius 2 is 1.57 bits per heavy atom. The third-order valence-electron chi connectivity index (χ3n) is 6.32. The van der Waals surface area contributed by atoms with Gasteiger partial charge in [-0.25, -0.2) is 14.8 Å². The Bertz CT molecular complexity index is 1400. The maximum Gasteiger partial charge on any atom is 0.321 e. The third kappa shape index (κ3) is 4.87. The molecule has 8 heteroatoms. The molecule has 1 aliphatic rings. The summed E-state index contributed by atoms with van der Waals surface area (Å²) in [7, 11) is 0. The number of nitrogens with zero attached hydrogens (tertiary/aromatic N) is 5. The molecule has 35 heavy (non-hydrogen) atoms. The van der Waals surface area contributed by atoms with Crippen molar-refractivity contribution in [2.24, 2.45) is 0 Å². The van der Waals surface area contributed by atoms with Crippen molar-refractivity contribution < 1.29 is 4.79 Å². The van der Waals surface area contributed by atoms with Gasteiger partial charge in [-0.3, -0.25) is 9.36 Å². The minimum Gasteiger partial charge on any atom is -0.348 e. The predicted octanol–water partition coefficient (Wildman–Crippen LogP) is 3.81. The number of amides is 2. The summed E-state index contributed by atoms with van der Waals surface area (Å²) >= 11 is 0. The third-order valence-corrected chi connectivity index (χ3v) is 6.32. The second-order valence-corrected chi connectivity index (χ2v) is 8.93. The first-order chi connectivity index (χ1) is 17.0. The Labute approximate surface area is 203 Å². The van der Waals surface area contributed by atoms with Crippen LogP contribution in [0.25, 0.3) is 11.2 Å². The van der Waals surface area contributed by atoms with Gasteiger partial charge in [-0.05, 0) is 43.7 Å². The Balaban J connectivity index is 1.36. The molecule has 178 valence electrons. The molecule has 1 fully saturated rings. The maximum absolute atomic E-state index is 13.6. The molecule has 0 spiro atoms. The summed E-state index contributed by atoms with van der Waals surface area (Å²) in [5.41, 5.74) is 5.18. The molecule has 0 radical (unpaired) electrons. The van der Waals surface area contributed by atoms with Gasteiger partial charge < -0.3 is 15.1 Å². The van der Waals surface area contributed by atoms with Crippen LogP contribution >= 0.6 is 0 Å². The molecule has 4 aromatic rings. The van der Waals surface area contributed by atoms with Gasteiger partial charge in [0.15, 0.2) is 11.5 Å². The van der Waals surface area contributed by atoms with Crippen LogP contribution in [0.1, 0.15) is 16.7 Å². The number of carbonyl (C=O) groups is 1. The first-order valence-electron chi connectivity index (χ1n) is 11.8. The minimum absolute atomic E-state index is 0.138. The van der Waals surface area contributed by atoms with Crippen LogP contribution in [0.4, 0.5) is 16.3 Å². The number of piperazine rings is 1. The smallest absolute Gasteiger partial charge is 0.321 e. The molecule has 1 N–H and O–H groups in total. The van der Waals surface area contributed by atoms with Gasteiger partial charge in [-0.2, -0.15) is 0 Å². The van der Waals surface area contributed by atoms with Gasteiger partial charge in [0.05, 0.1) is 6.54 Å². The van der Waals surface area contributed by atoms with E-state index >= 15 is 0 Å². The highest BCUT2D eigenvalue weighted by Crippen LogP contribution is 2.17. The molecule has 1 saturated heterocycles. The molecule has 2 amide bonds. The Morgan fingerprint density at radius 1 is 0.914 bits per heavy atom. The number of aromatic nitrogens is 3. The van der Waals surface area contributed by atoms with E-state index in [0.717, 1.165) is 16.8 Å². The van der Waals surface area contributed by atoms with E-state index in [4.69, 9.17) is 0 Å². The van der Waals surface area contributed by atoms with E-state index in [0.29, 0.717) is 49.7 Å². The van der Waals surface area contributed by atoms with E-state index in [1.807, 2.05) is 79.4 Å². The molecule has 1 aliphatic heterocycles. The van der Waals surface area contributed by atoms with Gasteiger partial charge in [-0.1, -0.05) is 47.5 Å². The number of nitrogens with one attached hydrogen (secondary N) is 1. The number of carbonyl (C=O) groups excluding carboxylic acids is 1. The van der Waals surface area contributed by atoms with E-state index in [-0.39, 0.29) is 11.6 Å². The normalized spacial score (nSPS) is 13.8. The van der Waals surface area contributed by atoms with E-state index < -0.39 is 0 Å². The number of hydrogen-bond donors (Lipinski definition) is 1. The van der Waals surface area contributed by atoms with Crippen LogP contribution in [0.2, 0.25) is 0 Å². The zero-order valence-corrected chi connectivity index (χ0v) is 19.9. The lowest BCUT2D eigenvalue weighted by Crippen LogP contribution is -2.51. The molecule has 0 bridgehead atoms. The molecule has 0 atom stereocenters. The SMILES string of the molecule is Cc1ccc(Cn2c(=O)c(N3CCN(C(=O)Nc4ccc(C)cc4)CC3)nc3cccnc32)cc1. The molecule has 0 saturated carbocycles. The van der Waals surface area contributed by atoms with Crippen LogP contribution in [0.5, 0.6) is 0 Å². The number of aryl methyl sites for hydroxylation is 2. The quantitative estimate of drug-likeness (QED) is 0.493. The van der Waals surface area contributed by atoms with Gasteiger partial charge in [-0.15, -0.1) is 0 Å². The second kappa shape index (κ2) is 9.58. The van der Waals surface area contributed by atoms with Crippen molar-refractivity contribution in [3.8, 4) is 0 Å². The topological polar surface area (TPSA) is 83.4 Å². The van der Waals surface area contributed by atoms with Crippen molar-refractivity contribution in [3.63, 3.8) is 0 Å². The summed E-state index contributed by atoms with van der Waals surface area (Å²) in [6.45, 7) is 6.53. The average molecular weight is 469 g/mol. The van der Waals surface area contributed by atoms with Crippen molar-refractivity contribution in [2.45, 2.75) is 20.4 Å². The number of benzene rings is 2. The molecule has 0 unspecified atom stereocenters. The summed E-state index contributed by atoms with van der Waals surface area (Å²) in [6, 6.07) is 19.4. The zero-order valence-electron chi connectivity index (χ0n) is 19.9. The summed E-state index contributed by atoms with van der Waals surface area (Å²) in [6.07, 6.45) is 1.68. The lowest BCUT2D eigenvalue weighted by atomic mass is 10.1. The average Bonchev–Trinajstić information content (AvgIpc) is 2.88. The molecule has 0 aliphatic carbocycles. The number of urea groups is 1. The summed E-state index contributed by atoms with van der Waals surface area (Å²) < 4.78 is 1.69. The van der Waals surface area contributed by atoms with Crippen molar-refractivity contribution in [1.29, 1.82) is 0 Å². The monoisotopic (exact) mass is 468 g/mol. The highest BCUT2D eigenvalue weighted by Gasteiger charge is 2.25. The Hall–Kier alpha value is -4.20. The highest BCUT2D eigenvalue weighted by atomic mass is 16.2. The molecular weight excluding hydrogens is 440 g/mol. The van der Waals surface area contributed by atoms with Gasteiger partial charge in [0.25, 0.3) is 5.56 Å². The molecule has 2 aromatic heterocycles. The van der Waals surface area contributed by atoms with E-state index in [1.165, 1.54) is 5.56 Å². The highest BCUT2D eigenvalue weighted by molar-refractivity contribution is 5.89. The number of pyridine rings is 1. The molecule has 2 aromatic carbocycles. The van der Waals surface area contributed by atoms with Crippen LogP contribution in [0, 0.1) is 13.8 Å². The van der Waals surface area contributed by atoms with Crippen molar-refractivity contribution in [1.82, 2.24) is 19.4 Å². The number of rotatable bonds is 4. The van der Waals surface area contributed by atoms with Gasteiger partial charge in [0.1, 0.15) is 5.52 Å². The number of anilines is 2. The fraction of sp³-hybridized carbons (Fsp3) is 0.259. The Kier molecular flexibility index (Phi) is 6.18. The Morgan fingerprint density at radius 3 is 2.26 bits per heavy atom. The van der Waals surface area contributed by atoms with Crippen LogP contribution in [0.15, 0.2) is 71.7 Å². The fourth-order valence-corrected chi connectivity index (χ4v) is 4.25. The maximum atomic E-state index is 13.6. The largest absolute Gasteiger partial charge is 0.348 e. The van der Waals surface area contributed by atoms with Gasteiger partial charge in [0, 0.05) is 38.1 Å².